The molecule has 0 unspecified atom stereocenters. The number of rotatable bonds is 9. The molecule has 0 atom stereocenters. The summed E-state index contributed by atoms with van der Waals surface area (Å²) in [6.45, 7) is 4.16. The summed E-state index contributed by atoms with van der Waals surface area (Å²) in [6, 6.07) is 3.97. The fourth-order valence-corrected chi connectivity index (χ4v) is 4.99. The van der Waals surface area contributed by atoms with Crippen LogP contribution >= 0.6 is 22.7 Å². The van der Waals surface area contributed by atoms with Gasteiger partial charge in [-0.15, -0.1) is 22.7 Å². The van der Waals surface area contributed by atoms with Crippen molar-refractivity contribution in [3.05, 3.63) is 53.4 Å². The lowest BCUT2D eigenvalue weighted by Gasteiger charge is -2.15. The van der Waals surface area contributed by atoms with Crippen LogP contribution in [0.5, 0.6) is 5.75 Å². The largest absolute Gasteiger partial charge is 0.493 e. The Morgan fingerprint density at radius 2 is 1.94 bits per heavy atom. The molecule has 0 aliphatic rings. The van der Waals surface area contributed by atoms with Crippen molar-refractivity contribution >= 4 is 33.5 Å². The van der Waals surface area contributed by atoms with Crippen LogP contribution in [0.2, 0.25) is 0 Å². The second kappa shape index (κ2) is 10.5. The molecule has 0 amide bonds. The Labute approximate surface area is 202 Å². The third kappa shape index (κ3) is 5.71. The number of unbranched alkanes of at least 4 members (excludes halogenated alkanes) is 2. The van der Waals surface area contributed by atoms with Gasteiger partial charge in [0.05, 0.1) is 34.6 Å². The standard InChI is InChI=1S/C23H22F3N5OS2/c1-3-4-5-10-32-19-7-6-15(11-16(19)23(24,25)26)30-22-31-18(13-33-22)20-14(2)29-21(34-20)17-12-27-8-9-28-17/h6-9,11-13H,3-5,10H2,1-2H3,(H,30,31). The Morgan fingerprint density at radius 1 is 1.09 bits per heavy atom. The van der Waals surface area contributed by atoms with Crippen LogP contribution in [-0.2, 0) is 6.18 Å². The molecule has 6 nitrogen and oxygen atoms in total. The van der Waals surface area contributed by atoms with Crippen LogP contribution in [0.3, 0.4) is 0 Å². The average Bonchev–Trinajstić information content (AvgIpc) is 3.43. The van der Waals surface area contributed by atoms with Crippen LogP contribution in [0.1, 0.15) is 37.4 Å². The van der Waals surface area contributed by atoms with Crippen LogP contribution in [0.25, 0.3) is 21.3 Å². The number of aryl methyl sites for hydroxylation is 1. The van der Waals surface area contributed by atoms with E-state index in [1.807, 2.05) is 19.2 Å². The number of nitrogens with zero attached hydrogens (tertiary/aromatic N) is 4. The fraction of sp³-hybridized carbons (Fsp3) is 0.304. The number of nitrogens with one attached hydrogen (secondary N) is 1. The maximum absolute atomic E-state index is 13.6. The van der Waals surface area contributed by atoms with Crippen molar-refractivity contribution in [2.24, 2.45) is 0 Å². The molecule has 0 spiro atoms. The van der Waals surface area contributed by atoms with E-state index in [1.54, 1.807) is 24.7 Å². The number of halogens is 3. The number of aromatic nitrogens is 4. The molecule has 1 N–H and O–H groups in total. The molecular weight excluding hydrogens is 483 g/mol. The first kappa shape index (κ1) is 24.1. The van der Waals surface area contributed by atoms with E-state index < -0.39 is 11.7 Å². The van der Waals surface area contributed by atoms with E-state index in [0.717, 1.165) is 34.5 Å². The third-order valence-corrected chi connectivity index (χ3v) is 6.82. The topological polar surface area (TPSA) is 72.8 Å². The van der Waals surface area contributed by atoms with Crippen LogP contribution in [-0.4, -0.2) is 26.5 Å². The number of thiazole rings is 2. The van der Waals surface area contributed by atoms with Gasteiger partial charge in [0.25, 0.3) is 0 Å². The summed E-state index contributed by atoms with van der Waals surface area (Å²) in [5.74, 6) is -0.161. The molecular formula is C23H22F3N5OS2. The number of hydrogen-bond donors (Lipinski definition) is 1. The van der Waals surface area contributed by atoms with Crippen LogP contribution in [0.15, 0.2) is 42.2 Å². The molecule has 3 heterocycles. The van der Waals surface area contributed by atoms with Gasteiger partial charge in [-0.1, -0.05) is 19.8 Å². The molecule has 4 rings (SSSR count). The summed E-state index contributed by atoms with van der Waals surface area (Å²) in [6.07, 6.45) is 2.91. The van der Waals surface area contributed by atoms with E-state index in [-0.39, 0.29) is 18.0 Å². The van der Waals surface area contributed by atoms with E-state index in [9.17, 15) is 13.2 Å². The summed E-state index contributed by atoms with van der Waals surface area (Å²) < 4.78 is 46.3. The first-order valence-corrected chi connectivity index (χ1v) is 12.4. The SMILES string of the molecule is CCCCCOc1ccc(Nc2nc(-c3sc(-c4cnccn4)nc3C)cs2)cc1C(F)(F)F. The molecule has 34 heavy (non-hydrogen) atoms. The highest BCUT2D eigenvalue weighted by Gasteiger charge is 2.34. The van der Waals surface area contributed by atoms with Gasteiger partial charge < -0.3 is 10.1 Å². The maximum Gasteiger partial charge on any atom is 0.420 e. The molecule has 0 fully saturated rings. The minimum Gasteiger partial charge on any atom is -0.493 e. The van der Waals surface area contributed by atoms with Crippen molar-refractivity contribution in [1.82, 2.24) is 19.9 Å². The van der Waals surface area contributed by atoms with Gasteiger partial charge in [0, 0.05) is 23.5 Å². The number of hydrogen-bond acceptors (Lipinski definition) is 8. The highest BCUT2D eigenvalue weighted by molar-refractivity contribution is 7.19. The molecule has 0 bridgehead atoms. The van der Waals surface area contributed by atoms with Gasteiger partial charge in [-0.05, 0) is 31.5 Å². The minimum atomic E-state index is -4.53. The number of alkyl halides is 3. The van der Waals surface area contributed by atoms with Crippen molar-refractivity contribution in [3.63, 3.8) is 0 Å². The van der Waals surface area contributed by atoms with Gasteiger partial charge in [0.15, 0.2) is 5.13 Å². The third-order valence-electron chi connectivity index (χ3n) is 4.86. The molecule has 11 heteroatoms. The molecule has 0 aliphatic heterocycles. The molecule has 0 saturated heterocycles. The highest BCUT2D eigenvalue weighted by Crippen LogP contribution is 2.40. The van der Waals surface area contributed by atoms with Gasteiger partial charge in [-0.2, -0.15) is 13.2 Å². The molecule has 4 aromatic rings. The van der Waals surface area contributed by atoms with E-state index in [0.29, 0.717) is 22.9 Å². The number of ether oxygens (including phenoxy) is 1. The minimum absolute atomic E-state index is 0.161. The van der Waals surface area contributed by atoms with Gasteiger partial charge in [0.2, 0.25) is 0 Å². The second-order valence-electron chi connectivity index (χ2n) is 7.45. The fourth-order valence-electron chi connectivity index (χ4n) is 3.20. The Hall–Kier alpha value is -3.05. The zero-order chi connectivity index (χ0) is 24.1. The van der Waals surface area contributed by atoms with Crippen molar-refractivity contribution in [2.45, 2.75) is 39.3 Å². The maximum atomic E-state index is 13.6. The van der Waals surface area contributed by atoms with Gasteiger partial charge in [-0.25, -0.2) is 9.97 Å². The van der Waals surface area contributed by atoms with Crippen molar-refractivity contribution in [2.75, 3.05) is 11.9 Å². The summed E-state index contributed by atoms with van der Waals surface area (Å²) in [7, 11) is 0. The zero-order valence-electron chi connectivity index (χ0n) is 18.5. The Bertz CT molecular complexity index is 1240. The van der Waals surface area contributed by atoms with E-state index >= 15 is 0 Å². The summed E-state index contributed by atoms with van der Waals surface area (Å²) in [4.78, 5) is 18.3. The van der Waals surface area contributed by atoms with E-state index in [4.69, 9.17) is 4.74 Å². The van der Waals surface area contributed by atoms with Crippen LogP contribution in [0, 0.1) is 6.92 Å². The predicted octanol–water partition coefficient (Wildman–Crippen LogP) is 7.36. The summed E-state index contributed by atoms with van der Waals surface area (Å²) in [5, 5.41) is 6.04. The molecule has 0 radical (unpaired) electrons. The second-order valence-corrected chi connectivity index (χ2v) is 9.31. The summed E-state index contributed by atoms with van der Waals surface area (Å²) >= 11 is 2.75. The Balaban J connectivity index is 1.52. The zero-order valence-corrected chi connectivity index (χ0v) is 20.2. The Morgan fingerprint density at radius 3 is 2.68 bits per heavy atom. The normalized spacial score (nSPS) is 11.6. The molecule has 1 aromatic carbocycles. The number of anilines is 2. The van der Waals surface area contributed by atoms with Gasteiger partial charge in [0.1, 0.15) is 16.5 Å². The van der Waals surface area contributed by atoms with Gasteiger partial charge >= 0.3 is 6.18 Å². The van der Waals surface area contributed by atoms with Crippen molar-refractivity contribution < 1.29 is 17.9 Å². The Kier molecular flexibility index (Phi) is 7.42. The van der Waals surface area contributed by atoms with Crippen LogP contribution < -0.4 is 10.1 Å². The van der Waals surface area contributed by atoms with Gasteiger partial charge in [-0.3, -0.25) is 9.97 Å². The molecule has 3 aromatic heterocycles. The quantitative estimate of drug-likeness (QED) is 0.240. The van der Waals surface area contributed by atoms with E-state index in [2.05, 4.69) is 25.3 Å². The van der Waals surface area contributed by atoms with Crippen LogP contribution in [0.4, 0.5) is 24.0 Å². The first-order valence-electron chi connectivity index (χ1n) is 10.7. The lowest BCUT2D eigenvalue weighted by atomic mass is 10.1. The van der Waals surface area contributed by atoms with Crippen molar-refractivity contribution in [1.29, 1.82) is 0 Å². The number of benzene rings is 1. The highest BCUT2D eigenvalue weighted by atomic mass is 32.1. The smallest absolute Gasteiger partial charge is 0.420 e. The summed E-state index contributed by atoms with van der Waals surface area (Å²) in [5.41, 5.74) is 1.65. The lowest BCUT2D eigenvalue weighted by Crippen LogP contribution is -2.10. The monoisotopic (exact) mass is 505 g/mol. The first-order chi connectivity index (χ1) is 16.3. The molecule has 0 saturated carbocycles. The lowest BCUT2D eigenvalue weighted by molar-refractivity contribution is -0.138. The molecule has 0 aliphatic carbocycles. The predicted molar refractivity (Wildman–Crippen MR) is 129 cm³/mol. The molecule has 178 valence electrons. The van der Waals surface area contributed by atoms with Crippen molar-refractivity contribution in [3.8, 4) is 27.0 Å². The average molecular weight is 506 g/mol. The van der Waals surface area contributed by atoms with E-state index in [1.165, 1.54) is 28.7 Å².